The quantitative estimate of drug-likeness (QED) is 0.902. The second-order valence-corrected chi connectivity index (χ2v) is 5.19. The van der Waals surface area contributed by atoms with Gasteiger partial charge in [0.1, 0.15) is 11.8 Å². The van der Waals surface area contributed by atoms with Crippen LogP contribution in [0.3, 0.4) is 0 Å². The normalized spacial score (nSPS) is 18.3. The largest absolute Gasteiger partial charge is 0.494 e. The lowest BCUT2D eigenvalue weighted by molar-refractivity contribution is -0.151. The van der Waals surface area contributed by atoms with Crippen LogP contribution in [0.4, 0.5) is 0 Å². The summed E-state index contributed by atoms with van der Waals surface area (Å²) in [6.07, 6.45) is 2.52. The van der Waals surface area contributed by atoms with E-state index in [1.807, 2.05) is 31.2 Å². The van der Waals surface area contributed by atoms with Gasteiger partial charge in [0, 0.05) is 6.54 Å². The number of carbonyl (C=O) groups is 2. The van der Waals surface area contributed by atoms with Gasteiger partial charge in [0.05, 0.1) is 13.0 Å². The van der Waals surface area contributed by atoms with Crippen molar-refractivity contribution in [1.29, 1.82) is 0 Å². The zero-order chi connectivity index (χ0) is 15.2. The van der Waals surface area contributed by atoms with Gasteiger partial charge in [0.15, 0.2) is 0 Å². The van der Waals surface area contributed by atoms with Crippen molar-refractivity contribution in [1.82, 2.24) is 4.90 Å². The first-order valence-electron chi connectivity index (χ1n) is 7.36. The van der Waals surface area contributed by atoms with Crippen LogP contribution < -0.4 is 4.74 Å². The molecule has 1 fully saturated rings. The molecule has 1 amide bonds. The molecule has 1 atom stereocenters. The minimum absolute atomic E-state index is 0.119. The summed E-state index contributed by atoms with van der Waals surface area (Å²) in [7, 11) is 0. The number of hydrogen-bond acceptors (Lipinski definition) is 3. The van der Waals surface area contributed by atoms with E-state index in [1.165, 1.54) is 4.90 Å². The van der Waals surface area contributed by atoms with Gasteiger partial charge < -0.3 is 14.7 Å². The van der Waals surface area contributed by atoms with Gasteiger partial charge in [-0.15, -0.1) is 0 Å². The number of aliphatic carboxylic acids is 1. The van der Waals surface area contributed by atoms with Crippen LogP contribution in [0.15, 0.2) is 24.3 Å². The molecule has 0 bridgehead atoms. The second kappa shape index (κ2) is 7.11. The Hall–Kier alpha value is -2.04. The Balaban J connectivity index is 2.00. The van der Waals surface area contributed by atoms with Gasteiger partial charge in [0.25, 0.3) is 0 Å². The first-order valence-corrected chi connectivity index (χ1v) is 7.36. The van der Waals surface area contributed by atoms with Gasteiger partial charge in [-0.25, -0.2) is 4.79 Å². The SMILES string of the molecule is CCOc1ccc(CC(=O)N2CCCC[C@@H]2C(=O)O)cc1. The van der Waals surface area contributed by atoms with E-state index in [9.17, 15) is 14.7 Å². The summed E-state index contributed by atoms with van der Waals surface area (Å²) < 4.78 is 5.36. The molecule has 114 valence electrons. The summed E-state index contributed by atoms with van der Waals surface area (Å²) in [6, 6.07) is 6.69. The van der Waals surface area contributed by atoms with Gasteiger partial charge in [-0.2, -0.15) is 0 Å². The summed E-state index contributed by atoms with van der Waals surface area (Å²) in [4.78, 5) is 25.1. The van der Waals surface area contributed by atoms with E-state index in [0.717, 1.165) is 24.2 Å². The molecular weight excluding hydrogens is 270 g/mol. The molecule has 5 nitrogen and oxygen atoms in total. The maximum Gasteiger partial charge on any atom is 0.326 e. The average Bonchev–Trinajstić information content (AvgIpc) is 2.49. The molecule has 1 N–H and O–H groups in total. The number of nitrogens with zero attached hydrogens (tertiary/aromatic N) is 1. The molecule has 2 rings (SSSR count). The molecule has 0 unspecified atom stereocenters. The lowest BCUT2D eigenvalue weighted by Gasteiger charge is -2.33. The van der Waals surface area contributed by atoms with Gasteiger partial charge in [-0.05, 0) is 43.9 Å². The first kappa shape index (κ1) is 15.4. The monoisotopic (exact) mass is 291 g/mol. The van der Waals surface area contributed by atoms with E-state index in [4.69, 9.17) is 4.74 Å². The van der Waals surface area contributed by atoms with Crippen molar-refractivity contribution in [3.05, 3.63) is 29.8 Å². The third kappa shape index (κ3) is 3.97. The van der Waals surface area contributed by atoms with Gasteiger partial charge in [-0.1, -0.05) is 12.1 Å². The fourth-order valence-corrected chi connectivity index (χ4v) is 2.63. The lowest BCUT2D eigenvalue weighted by Crippen LogP contribution is -2.48. The molecule has 0 aliphatic carbocycles. The van der Waals surface area contributed by atoms with Crippen LogP contribution in [0.5, 0.6) is 5.75 Å². The summed E-state index contributed by atoms with van der Waals surface area (Å²) in [5.41, 5.74) is 0.873. The Morgan fingerprint density at radius 2 is 2.00 bits per heavy atom. The highest BCUT2D eigenvalue weighted by atomic mass is 16.5. The fraction of sp³-hybridized carbons (Fsp3) is 0.500. The van der Waals surface area contributed by atoms with E-state index < -0.39 is 12.0 Å². The number of hydrogen-bond donors (Lipinski definition) is 1. The molecule has 1 aliphatic rings. The Labute approximate surface area is 124 Å². The Kier molecular flexibility index (Phi) is 5.20. The van der Waals surface area contributed by atoms with Crippen LogP contribution in [-0.4, -0.2) is 41.1 Å². The highest BCUT2D eigenvalue weighted by Gasteiger charge is 2.31. The van der Waals surface area contributed by atoms with Crippen LogP contribution in [0.2, 0.25) is 0 Å². The summed E-state index contributed by atoms with van der Waals surface area (Å²) >= 11 is 0. The topological polar surface area (TPSA) is 66.8 Å². The Bertz CT molecular complexity index is 498. The van der Waals surface area contributed by atoms with Crippen LogP contribution in [-0.2, 0) is 16.0 Å². The third-order valence-electron chi connectivity index (χ3n) is 3.70. The number of carboxylic acid groups (broad SMARTS) is 1. The fourth-order valence-electron chi connectivity index (χ4n) is 2.63. The van der Waals surface area contributed by atoms with Crippen molar-refractivity contribution in [2.24, 2.45) is 0 Å². The van der Waals surface area contributed by atoms with Crippen molar-refractivity contribution in [2.75, 3.05) is 13.2 Å². The number of piperidine rings is 1. The number of rotatable bonds is 5. The van der Waals surface area contributed by atoms with E-state index in [2.05, 4.69) is 0 Å². The van der Waals surface area contributed by atoms with Crippen LogP contribution >= 0.6 is 0 Å². The molecule has 21 heavy (non-hydrogen) atoms. The standard InChI is InChI=1S/C16H21NO4/c1-2-21-13-8-6-12(7-9-13)11-15(18)17-10-4-3-5-14(17)16(19)20/h6-9,14H,2-5,10-11H2,1H3,(H,19,20)/t14-/m1/s1. The number of amides is 1. The maximum atomic E-state index is 12.3. The average molecular weight is 291 g/mol. The minimum atomic E-state index is -0.908. The van der Waals surface area contributed by atoms with Crippen molar-refractivity contribution in [3.63, 3.8) is 0 Å². The molecule has 5 heteroatoms. The van der Waals surface area contributed by atoms with E-state index in [0.29, 0.717) is 19.6 Å². The number of carboxylic acids is 1. The zero-order valence-electron chi connectivity index (χ0n) is 12.2. The predicted octanol–water partition coefficient (Wildman–Crippen LogP) is 2.09. The van der Waals surface area contributed by atoms with Crippen LogP contribution in [0.1, 0.15) is 31.7 Å². The van der Waals surface area contributed by atoms with Gasteiger partial charge in [-0.3, -0.25) is 4.79 Å². The molecule has 1 heterocycles. The van der Waals surface area contributed by atoms with Crippen LogP contribution in [0, 0.1) is 0 Å². The molecule has 0 saturated carbocycles. The zero-order valence-corrected chi connectivity index (χ0v) is 12.2. The molecule has 1 saturated heterocycles. The van der Waals surface area contributed by atoms with Gasteiger partial charge in [0.2, 0.25) is 5.91 Å². The summed E-state index contributed by atoms with van der Waals surface area (Å²) in [5.74, 6) is -0.254. The number of carbonyl (C=O) groups excluding carboxylic acids is 1. The van der Waals surface area contributed by atoms with E-state index in [-0.39, 0.29) is 12.3 Å². The van der Waals surface area contributed by atoms with Crippen molar-refractivity contribution >= 4 is 11.9 Å². The van der Waals surface area contributed by atoms with Crippen molar-refractivity contribution in [2.45, 2.75) is 38.6 Å². The molecule has 0 spiro atoms. The Morgan fingerprint density at radius 3 is 2.62 bits per heavy atom. The maximum absolute atomic E-state index is 12.3. The van der Waals surface area contributed by atoms with Crippen molar-refractivity contribution < 1.29 is 19.4 Å². The molecule has 0 radical (unpaired) electrons. The third-order valence-corrected chi connectivity index (χ3v) is 3.70. The predicted molar refractivity (Wildman–Crippen MR) is 78.3 cm³/mol. The molecule has 1 aromatic carbocycles. The molecule has 1 aliphatic heterocycles. The highest BCUT2D eigenvalue weighted by Crippen LogP contribution is 2.19. The first-order chi connectivity index (χ1) is 10.1. The number of ether oxygens (including phenoxy) is 1. The minimum Gasteiger partial charge on any atom is -0.494 e. The summed E-state index contributed by atoms with van der Waals surface area (Å²) in [6.45, 7) is 3.05. The summed E-state index contributed by atoms with van der Waals surface area (Å²) in [5, 5.41) is 9.21. The highest BCUT2D eigenvalue weighted by molar-refractivity contribution is 5.85. The Morgan fingerprint density at radius 1 is 1.29 bits per heavy atom. The van der Waals surface area contributed by atoms with E-state index >= 15 is 0 Å². The number of benzene rings is 1. The van der Waals surface area contributed by atoms with Gasteiger partial charge >= 0.3 is 5.97 Å². The van der Waals surface area contributed by atoms with Crippen molar-refractivity contribution in [3.8, 4) is 5.75 Å². The lowest BCUT2D eigenvalue weighted by atomic mass is 10.0. The molecule has 1 aromatic rings. The van der Waals surface area contributed by atoms with E-state index in [1.54, 1.807) is 0 Å². The number of likely N-dealkylation sites (tertiary alicyclic amines) is 1. The smallest absolute Gasteiger partial charge is 0.326 e. The molecular formula is C16H21NO4. The van der Waals surface area contributed by atoms with Crippen LogP contribution in [0.25, 0.3) is 0 Å². The second-order valence-electron chi connectivity index (χ2n) is 5.19. The molecule has 0 aromatic heterocycles.